The molecule has 1 atom stereocenters. The quantitative estimate of drug-likeness (QED) is 0.293. The van der Waals surface area contributed by atoms with Crippen LogP contribution in [-0.4, -0.2) is 65.3 Å². The normalized spacial score (nSPS) is 14.8. The van der Waals surface area contributed by atoms with Crippen LogP contribution in [0, 0.1) is 0 Å². The van der Waals surface area contributed by atoms with E-state index in [0.29, 0.717) is 6.42 Å². The molecule has 9 nitrogen and oxygen atoms in total. The molecule has 0 saturated heterocycles. The highest BCUT2D eigenvalue weighted by atomic mass is 16.5. The number of amides is 3. The maximum Gasteiger partial charge on any atom is 0.335 e. The summed E-state index contributed by atoms with van der Waals surface area (Å²) in [7, 11) is 0. The Morgan fingerprint density at radius 1 is 1.26 bits per heavy atom. The van der Waals surface area contributed by atoms with Gasteiger partial charge in [-0.05, 0) is 13.3 Å². The molecular weight excluding hydrogens is 308 g/mol. The molecule has 2 N–H and O–H groups in total. The minimum Gasteiger partial charge on any atom is -0.456 e. The van der Waals surface area contributed by atoms with E-state index in [1.807, 2.05) is 0 Å². The number of rotatable bonds is 9. The number of hydrogen-bond acceptors (Lipinski definition) is 7. The van der Waals surface area contributed by atoms with Gasteiger partial charge in [0, 0.05) is 25.1 Å². The summed E-state index contributed by atoms with van der Waals surface area (Å²) in [6, 6.07) is 0. The smallest absolute Gasteiger partial charge is 0.335 e. The Hall–Kier alpha value is -2.55. The zero-order chi connectivity index (χ0) is 17.4. The molecular formula is C14H18N2O7. The number of Topliss-reactive ketones (excluding diaryl/α,β-unsaturated/α-hetero) is 1. The summed E-state index contributed by atoms with van der Waals surface area (Å²) < 4.78 is 4.54. The van der Waals surface area contributed by atoms with E-state index in [9.17, 15) is 24.0 Å². The third-order valence-electron chi connectivity index (χ3n) is 2.87. The van der Waals surface area contributed by atoms with E-state index < -0.39 is 36.4 Å². The van der Waals surface area contributed by atoms with Gasteiger partial charge in [-0.3, -0.25) is 24.1 Å². The lowest BCUT2D eigenvalue weighted by atomic mass is 10.2. The van der Waals surface area contributed by atoms with Gasteiger partial charge < -0.3 is 15.2 Å². The van der Waals surface area contributed by atoms with Gasteiger partial charge in [-0.1, -0.05) is 0 Å². The number of ketones is 1. The molecule has 1 rings (SSSR count). The Balaban J connectivity index is 2.13. The molecule has 0 spiro atoms. The van der Waals surface area contributed by atoms with E-state index in [0.717, 1.165) is 17.1 Å². The third-order valence-corrected chi connectivity index (χ3v) is 2.87. The van der Waals surface area contributed by atoms with Crippen LogP contribution in [0.5, 0.6) is 0 Å². The molecule has 23 heavy (non-hydrogen) atoms. The first-order chi connectivity index (χ1) is 10.8. The fourth-order valence-corrected chi connectivity index (χ4v) is 1.64. The fraction of sp³-hybridized carbons (Fsp3) is 0.500. The van der Waals surface area contributed by atoms with Crippen LogP contribution in [0.4, 0.5) is 0 Å². The Bertz CT molecular complexity index is 521. The number of carbonyl (C=O) groups is 5. The summed E-state index contributed by atoms with van der Waals surface area (Å²) >= 11 is 0. The topological polar surface area (TPSA) is 130 Å². The zero-order valence-corrected chi connectivity index (χ0v) is 12.6. The first-order valence-corrected chi connectivity index (χ1v) is 6.98. The van der Waals surface area contributed by atoms with E-state index in [2.05, 4.69) is 10.1 Å². The number of imide groups is 1. The van der Waals surface area contributed by atoms with Crippen LogP contribution >= 0.6 is 0 Å². The second kappa shape index (κ2) is 8.79. The van der Waals surface area contributed by atoms with E-state index in [1.54, 1.807) is 0 Å². The summed E-state index contributed by atoms with van der Waals surface area (Å²) in [6.45, 7) is 0.608. The fourth-order valence-electron chi connectivity index (χ4n) is 1.64. The number of nitrogens with one attached hydrogen (secondary N) is 1. The summed E-state index contributed by atoms with van der Waals surface area (Å²) in [5.74, 6) is -2.81. The first kappa shape index (κ1) is 18.5. The van der Waals surface area contributed by atoms with Crippen LogP contribution in [0.15, 0.2) is 12.2 Å². The molecule has 0 radical (unpaired) electrons. The van der Waals surface area contributed by atoms with Gasteiger partial charge in [0.05, 0.1) is 0 Å². The van der Waals surface area contributed by atoms with E-state index >= 15 is 0 Å². The zero-order valence-electron chi connectivity index (χ0n) is 12.6. The molecule has 0 fully saturated rings. The predicted octanol–water partition coefficient (Wildman–Crippen LogP) is -1.70. The highest BCUT2D eigenvalue weighted by Gasteiger charge is 2.25. The van der Waals surface area contributed by atoms with Gasteiger partial charge in [-0.2, -0.15) is 0 Å². The maximum absolute atomic E-state index is 11.6. The number of esters is 1. The van der Waals surface area contributed by atoms with Gasteiger partial charge >= 0.3 is 5.97 Å². The standard InChI is InChI=1S/C14H18N2O7/c1-9(17)14(22)23-8-10(18)3-2-6-15-11(19)7-16-12(20)4-5-13(16)21/h4-5,9,17H,2-3,6-8H2,1H3,(H,15,19). The average Bonchev–Trinajstić information content (AvgIpc) is 2.80. The molecule has 0 aromatic heterocycles. The van der Waals surface area contributed by atoms with Crippen LogP contribution in [-0.2, 0) is 28.7 Å². The largest absolute Gasteiger partial charge is 0.456 e. The lowest BCUT2D eigenvalue weighted by Crippen LogP contribution is -2.40. The molecule has 1 unspecified atom stereocenters. The number of ether oxygens (including phenoxy) is 1. The maximum atomic E-state index is 11.6. The molecule has 0 aromatic rings. The SMILES string of the molecule is CC(O)C(=O)OCC(=O)CCCNC(=O)CN1C(=O)C=CC1=O. The van der Waals surface area contributed by atoms with Gasteiger partial charge in [0.2, 0.25) is 5.91 Å². The van der Waals surface area contributed by atoms with Crippen molar-refractivity contribution in [1.29, 1.82) is 0 Å². The van der Waals surface area contributed by atoms with Crippen LogP contribution in [0.3, 0.4) is 0 Å². The van der Waals surface area contributed by atoms with Crippen molar-refractivity contribution < 1.29 is 33.8 Å². The molecule has 126 valence electrons. The minimum atomic E-state index is -1.28. The summed E-state index contributed by atoms with van der Waals surface area (Å²) in [5, 5.41) is 11.4. The predicted molar refractivity (Wildman–Crippen MR) is 75.8 cm³/mol. The van der Waals surface area contributed by atoms with Crippen molar-refractivity contribution >= 4 is 29.5 Å². The summed E-state index contributed by atoms with van der Waals surface area (Å²) in [4.78, 5) is 57.2. The first-order valence-electron chi connectivity index (χ1n) is 6.98. The number of aliphatic hydroxyl groups excluding tert-OH is 1. The molecule has 1 aliphatic rings. The van der Waals surface area contributed by atoms with Gasteiger partial charge in [-0.25, -0.2) is 4.79 Å². The van der Waals surface area contributed by atoms with Crippen molar-refractivity contribution in [3.8, 4) is 0 Å². The second-order valence-corrected chi connectivity index (χ2v) is 4.87. The third kappa shape index (κ3) is 6.39. The van der Waals surface area contributed by atoms with Crippen molar-refractivity contribution in [2.24, 2.45) is 0 Å². The number of nitrogens with zero attached hydrogens (tertiary/aromatic N) is 1. The highest BCUT2D eigenvalue weighted by Crippen LogP contribution is 2.02. The van der Waals surface area contributed by atoms with Gasteiger partial charge in [0.25, 0.3) is 11.8 Å². The number of carbonyl (C=O) groups excluding carboxylic acids is 5. The molecule has 0 saturated carbocycles. The minimum absolute atomic E-state index is 0.0799. The van der Waals surface area contributed by atoms with Crippen molar-refractivity contribution in [2.75, 3.05) is 19.7 Å². The molecule has 1 aliphatic heterocycles. The van der Waals surface area contributed by atoms with Crippen LogP contribution in [0.1, 0.15) is 19.8 Å². The summed E-state index contributed by atoms with van der Waals surface area (Å²) in [5.41, 5.74) is 0. The van der Waals surface area contributed by atoms with Crippen molar-refractivity contribution in [3.05, 3.63) is 12.2 Å². The van der Waals surface area contributed by atoms with Gasteiger partial charge in [-0.15, -0.1) is 0 Å². The molecule has 3 amide bonds. The van der Waals surface area contributed by atoms with Crippen molar-refractivity contribution in [1.82, 2.24) is 10.2 Å². The van der Waals surface area contributed by atoms with E-state index in [1.165, 1.54) is 6.92 Å². The Kier molecular flexibility index (Phi) is 7.07. The lowest BCUT2D eigenvalue weighted by molar-refractivity contribution is -0.155. The van der Waals surface area contributed by atoms with Crippen LogP contribution in [0.25, 0.3) is 0 Å². The Labute approximate surface area is 132 Å². The van der Waals surface area contributed by atoms with Crippen LogP contribution in [0.2, 0.25) is 0 Å². The average molecular weight is 326 g/mol. The molecule has 0 aliphatic carbocycles. The summed E-state index contributed by atoms with van der Waals surface area (Å²) in [6.07, 6.45) is 1.28. The Morgan fingerprint density at radius 2 is 1.87 bits per heavy atom. The molecule has 0 bridgehead atoms. The highest BCUT2D eigenvalue weighted by molar-refractivity contribution is 6.14. The van der Waals surface area contributed by atoms with Crippen LogP contribution < -0.4 is 5.32 Å². The Morgan fingerprint density at radius 3 is 2.43 bits per heavy atom. The number of hydrogen-bond donors (Lipinski definition) is 2. The van der Waals surface area contributed by atoms with Gasteiger partial charge in [0.15, 0.2) is 5.78 Å². The van der Waals surface area contributed by atoms with E-state index in [-0.39, 0.29) is 25.3 Å². The lowest BCUT2D eigenvalue weighted by Gasteiger charge is -2.13. The number of aliphatic hydroxyl groups is 1. The van der Waals surface area contributed by atoms with E-state index in [4.69, 9.17) is 5.11 Å². The monoisotopic (exact) mass is 326 g/mol. The van der Waals surface area contributed by atoms with Gasteiger partial charge in [0.1, 0.15) is 19.3 Å². The van der Waals surface area contributed by atoms with Crippen molar-refractivity contribution in [3.63, 3.8) is 0 Å². The molecule has 0 aromatic carbocycles. The second-order valence-electron chi connectivity index (χ2n) is 4.87. The molecule has 1 heterocycles. The van der Waals surface area contributed by atoms with Crippen molar-refractivity contribution in [2.45, 2.75) is 25.9 Å². The molecule has 9 heteroatoms.